The summed E-state index contributed by atoms with van der Waals surface area (Å²) in [4.78, 5) is 0.0937. The van der Waals surface area contributed by atoms with E-state index in [2.05, 4.69) is 10.2 Å². The summed E-state index contributed by atoms with van der Waals surface area (Å²) in [5.74, 6) is 0.566. The molecular formula is C13H14N2O4S. The smallest absolute Gasteiger partial charge is 0.186 e. The number of rotatable bonds is 5. The molecule has 0 atom stereocenters. The maximum atomic E-state index is 12.5. The molecule has 0 amide bonds. The predicted molar refractivity (Wildman–Crippen MR) is 72.5 cm³/mol. The molecule has 0 unspecified atom stereocenters. The van der Waals surface area contributed by atoms with Gasteiger partial charge >= 0.3 is 0 Å². The first-order chi connectivity index (χ1) is 9.56. The Bertz CT molecular complexity index is 687. The normalized spacial score (nSPS) is 11.1. The van der Waals surface area contributed by atoms with Crippen LogP contribution < -0.4 is 9.47 Å². The van der Waals surface area contributed by atoms with Gasteiger partial charge < -0.3 is 9.47 Å². The van der Waals surface area contributed by atoms with E-state index in [1.54, 1.807) is 18.2 Å². The third-order valence-corrected chi connectivity index (χ3v) is 4.41. The molecule has 1 heterocycles. The minimum Gasteiger partial charge on any atom is -0.497 e. The van der Waals surface area contributed by atoms with E-state index in [0.717, 1.165) is 0 Å². The van der Waals surface area contributed by atoms with Gasteiger partial charge in [0.05, 0.1) is 26.2 Å². The lowest BCUT2D eigenvalue weighted by Gasteiger charge is -2.11. The van der Waals surface area contributed by atoms with E-state index in [1.165, 1.54) is 32.7 Å². The lowest BCUT2D eigenvalue weighted by Crippen LogP contribution is -2.07. The average Bonchev–Trinajstić information content (AvgIpc) is 2.47. The second-order valence-electron chi connectivity index (χ2n) is 4.03. The number of hydrogen-bond donors (Lipinski definition) is 0. The maximum absolute atomic E-state index is 12.5. The molecule has 0 saturated carbocycles. The van der Waals surface area contributed by atoms with E-state index in [0.29, 0.717) is 11.3 Å². The van der Waals surface area contributed by atoms with Crippen molar-refractivity contribution in [1.29, 1.82) is 0 Å². The molecule has 0 saturated heterocycles. The van der Waals surface area contributed by atoms with Gasteiger partial charge in [0, 0.05) is 12.3 Å². The number of benzene rings is 1. The predicted octanol–water partition coefficient (Wildman–Crippen LogP) is 1.47. The minimum atomic E-state index is -3.56. The number of methoxy groups -OCH3 is 2. The van der Waals surface area contributed by atoms with Crippen LogP contribution in [0.3, 0.4) is 0 Å². The average molecular weight is 294 g/mol. The van der Waals surface area contributed by atoms with E-state index in [-0.39, 0.29) is 16.4 Å². The van der Waals surface area contributed by atoms with Gasteiger partial charge in [0.25, 0.3) is 0 Å². The van der Waals surface area contributed by atoms with Crippen molar-refractivity contribution < 1.29 is 17.9 Å². The summed E-state index contributed by atoms with van der Waals surface area (Å²) < 4.78 is 35.1. The van der Waals surface area contributed by atoms with E-state index >= 15 is 0 Å². The van der Waals surface area contributed by atoms with Gasteiger partial charge in [-0.2, -0.15) is 10.2 Å². The number of ether oxygens (including phenoxy) is 2. The monoisotopic (exact) mass is 294 g/mol. The molecule has 1 aromatic heterocycles. The fourth-order valence-electron chi connectivity index (χ4n) is 1.73. The molecular weight excluding hydrogens is 280 g/mol. The van der Waals surface area contributed by atoms with Crippen LogP contribution in [0.25, 0.3) is 0 Å². The standard InChI is InChI=1S/C13H14N2O4S/c1-18-11-3-4-12(19-2)13(7-11)20(16,17)9-10-5-6-14-15-8-10/h3-8H,9H2,1-2H3. The summed E-state index contributed by atoms with van der Waals surface area (Å²) in [6.45, 7) is 0. The first-order valence-corrected chi connectivity index (χ1v) is 7.42. The van der Waals surface area contributed by atoms with Crippen LogP contribution in [0, 0.1) is 0 Å². The van der Waals surface area contributed by atoms with Crippen LogP contribution in [0.1, 0.15) is 5.56 Å². The van der Waals surface area contributed by atoms with E-state index in [1.807, 2.05) is 0 Å². The summed E-state index contributed by atoms with van der Waals surface area (Å²) in [6.07, 6.45) is 2.87. The van der Waals surface area contributed by atoms with Gasteiger partial charge in [-0.05, 0) is 23.8 Å². The first-order valence-electron chi connectivity index (χ1n) is 5.77. The number of aromatic nitrogens is 2. The van der Waals surface area contributed by atoms with E-state index in [4.69, 9.17) is 9.47 Å². The van der Waals surface area contributed by atoms with Gasteiger partial charge in [0.15, 0.2) is 9.84 Å². The number of hydrogen-bond acceptors (Lipinski definition) is 6. The van der Waals surface area contributed by atoms with E-state index < -0.39 is 9.84 Å². The van der Waals surface area contributed by atoms with Crippen LogP contribution in [0.5, 0.6) is 11.5 Å². The highest BCUT2D eigenvalue weighted by Crippen LogP contribution is 2.30. The van der Waals surface area contributed by atoms with Crippen molar-refractivity contribution >= 4 is 9.84 Å². The van der Waals surface area contributed by atoms with Gasteiger partial charge in [-0.25, -0.2) is 8.42 Å². The third-order valence-electron chi connectivity index (χ3n) is 2.71. The molecule has 0 bridgehead atoms. The molecule has 0 N–H and O–H groups in total. The van der Waals surface area contributed by atoms with Gasteiger partial charge in [-0.1, -0.05) is 0 Å². The summed E-state index contributed by atoms with van der Waals surface area (Å²) in [5.41, 5.74) is 0.560. The lowest BCUT2D eigenvalue weighted by molar-refractivity contribution is 0.392. The Balaban J connectivity index is 2.43. The topological polar surface area (TPSA) is 78.4 Å². The largest absolute Gasteiger partial charge is 0.497 e. The van der Waals surface area contributed by atoms with Gasteiger partial charge in [0.2, 0.25) is 0 Å². The molecule has 0 aliphatic heterocycles. The fraction of sp³-hybridized carbons (Fsp3) is 0.231. The highest BCUT2D eigenvalue weighted by molar-refractivity contribution is 7.90. The van der Waals surface area contributed by atoms with Crippen molar-refractivity contribution in [2.24, 2.45) is 0 Å². The molecule has 6 nitrogen and oxygen atoms in total. The second kappa shape index (κ2) is 5.87. The minimum absolute atomic E-state index is 0.0937. The van der Waals surface area contributed by atoms with Gasteiger partial charge in [0.1, 0.15) is 16.4 Å². The third kappa shape index (κ3) is 3.05. The van der Waals surface area contributed by atoms with Crippen LogP contribution >= 0.6 is 0 Å². The van der Waals surface area contributed by atoms with Crippen molar-refractivity contribution in [3.8, 4) is 11.5 Å². The Labute approximate surface area is 117 Å². The molecule has 0 spiro atoms. The molecule has 20 heavy (non-hydrogen) atoms. The Morgan fingerprint density at radius 1 is 1.10 bits per heavy atom. The summed E-state index contributed by atoms with van der Waals surface area (Å²) >= 11 is 0. The molecule has 7 heteroatoms. The highest BCUT2D eigenvalue weighted by Gasteiger charge is 2.21. The summed E-state index contributed by atoms with van der Waals surface area (Å²) in [5, 5.41) is 7.29. The van der Waals surface area contributed by atoms with Gasteiger partial charge in [-0.3, -0.25) is 0 Å². The first kappa shape index (κ1) is 14.3. The SMILES string of the molecule is COc1ccc(OC)c(S(=O)(=O)Cc2ccnnc2)c1. The van der Waals surface area contributed by atoms with Crippen molar-refractivity contribution in [3.05, 3.63) is 42.2 Å². The number of nitrogens with zero attached hydrogens (tertiary/aromatic N) is 2. The van der Waals surface area contributed by atoms with Crippen LogP contribution in [-0.2, 0) is 15.6 Å². The van der Waals surface area contributed by atoms with Crippen LogP contribution in [0.4, 0.5) is 0 Å². The zero-order chi connectivity index (χ0) is 14.6. The molecule has 106 valence electrons. The van der Waals surface area contributed by atoms with Crippen LogP contribution in [-0.4, -0.2) is 32.8 Å². The Hall–Kier alpha value is -2.15. The molecule has 0 aliphatic carbocycles. The summed E-state index contributed by atoms with van der Waals surface area (Å²) in [6, 6.07) is 6.27. The number of sulfone groups is 1. The Kier molecular flexibility index (Phi) is 4.19. The molecule has 0 fully saturated rings. The zero-order valence-electron chi connectivity index (χ0n) is 11.1. The molecule has 2 rings (SSSR count). The quantitative estimate of drug-likeness (QED) is 0.831. The van der Waals surface area contributed by atoms with Crippen molar-refractivity contribution in [2.75, 3.05) is 14.2 Å². The maximum Gasteiger partial charge on any atom is 0.186 e. The fourth-order valence-corrected chi connectivity index (χ4v) is 3.25. The van der Waals surface area contributed by atoms with Crippen LogP contribution in [0.15, 0.2) is 41.6 Å². The zero-order valence-corrected chi connectivity index (χ0v) is 11.9. The van der Waals surface area contributed by atoms with Crippen molar-refractivity contribution in [2.45, 2.75) is 10.6 Å². The molecule has 1 aromatic carbocycles. The van der Waals surface area contributed by atoms with E-state index in [9.17, 15) is 8.42 Å². The second-order valence-corrected chi connectivity index (χ2v) is 5.98. The summed E-state index contributed by atoms with van der Waals surface area (Å²) in [7, 11) is -0.659. The lowest BCUT2D eigenvalue weighted by atomic mass is 10.3. The van der Waals surface area contributed by atoms with Gasteiger partial charge in [-0.15, -0.1) is 0 Å². The van der Waals surface area contributed by atoms with Crippen molar-refractivity contribution in [3.63, 3.8) is 0 Å². The van der Waals surface area contributed by atoms with Crippen molar-refractivity contribution in [1.82, 2.24) is 10.2 Å². The molecule has 2 aromatic rings. The Morgan fingerprint density at radius 2 is 1.90 bits per heavy atom. The Morgan fingerprint density at radius 3 is 2.50 bits per heavy atom. The molecule has 0 aliphatic rings. The molecule has 0 radical (unpaired) electrons. The highest BCUT2D eigenvalue weighted by atomic mass is 32.2. The van der Waals surface area contributed by atoms with Crippen LogP contribution in [0.2, 0.25) is 0 Å².